The van der Waals surface area contributed by atoms with Crippen LogP contribution >= 0.6 is 0 Å². The second-order valence-corrected chi connectivity index (χ2v) is 20.5. The molecule has 0 unspecified atom stereocenters. The van der Waals surface area contributed by atoms with Crippen LogP contribution < -0.4 is 4.90 Å². The molecule has 0 radical (unpaired) electrons. The summed E-state index contributed by atoms with van der Waals surface area (Å²) in [6, 6.07) is 94.9. The number of hydrogen-bond acceptors (Lipinski definition) is 4. The molecular weight excluding hydrogens is 939 g/mol. The summed E-state index contributed by atoms with van der Waals surface area (Å²) in [7, 11) is 0. The first-order valence-electron chi connectivity index (χ1n) is 26.4. The number of para-hydroxylation sites is 4. The van der Waals surface area contributed by atoms with Crippen molar-refractivity contribution in [3.8, 4) is 55.6 Å². The summed E-state index contributed by atoms with van der Waals surface area (Å²) in [5, 5.41) is 6.53. The first-order chi connectivity index (χ1) is 38.2. The van der Waals surface area contributed by atoms with E-state index >= 15 is 0 Å². The molecule has 0 fully saturated rings. The standard InChI is InChI=1S/C73H43NO3/c1-3-18-44(19-4-1)48-36-40-66-70(54-25-10-15-32-64(54)75-66)68(48)46-34-38-60-58(42-46)73(56-28-12-7-22-50(56)51-23-8-13-29-57(51)73)59-43-47(35-39-61(59)74(60)62-30-17-27-53-52-24-9-14-31-63(52)77-72(53)62)69-49(45-20-5-2-6-21-45)37-41-67-71(69)55-26-11-16-33-65(55)76-67/h1-43H. The van der Waals surface area contributed by atoms with Gasteiger partial charge in [0.05, 0.1) is 22.5 Å². The van der Waals surface area contributed by atoms with Crippen LogP contribution in [0.4, 0.5) is 17.1 Å². The minimum Gasteiger partial charge on any atom is -0.456 e. The van der Waals surface area contributed by atoms with Gasteiger partial charge in [-0.1, -0.05) is 200 Å². The van der Waals surface area contributed by atoms with E-state index in [0.717, 1.165) is 127 Å². The fraction of sp³-hybridized carbons (Fsp3) is 0.0137. The summed E-state index contributed by atoms with van der Waals surface area (Å²) < 4.78 is 20.4. The van der Waals surface area contributed by atoms with Crippen molar-refractivity contribution in [3.05, 3.63) is 283 Å². The number of furan rings is 3. The van der Waals surface area contributed by atoms with E-state index in [4.69, 9.17) is 13.3 Å². The van der Waals surface area contributed by atoms with Crippen molar-refractivity contribution in [2.24, 2.45) is 0 Å². The molecule has 17 rings (SSSR count). The topological polar surface area (TPSA) is 42.7 Å². The molecule has 1 aliphatic heterocycles. The third-order valence-electron chi connectivity index (χ3n) is 16.7. The van der Waals surface area contributed by atoms with Gasteiger partial charge >= 0.3 is 0 Å². The fourth-order valence-corrected chi connectivity index (χ4v) is 13.6. The van der Waals surface area contributed by atoms with Gasteiger partial charge < -0.3 is 18.2 Å². The van der Waals surface area contributed by atoms with E-state index in [-0.39, 0.29) is 0 Å². The molecule has 1 spiro atoms. The Labute approximate surface area is 442 Å². The molecule has 15 aromatic rings. The van der Waals surface area contributed by atoms with Crippen molar-refractivity contribution >= 4 is 82.9 Å². The van der Waals surface area contributed by atoms with Gasteiger partial charge in [-0.3, -0.25) is 0 Å². The Morgan fingerprint density at radius 3 is 1.23 bits per heavy atom. The Morgan fingerprint density at radius 1 is 0.260 bits per heavy atom. The number of rotatable bonds is 5. The zero-order valence-corrected chi connectivity index (χ0v) is 41.5. The number of anilines is 3. The van der Waals surface area contributed by atoms with Gasteiger partial charge in [0.15, 0.2) is 5.58 Å². The predicted octanol–water partition coefficient (Wildman–Crippen LogP) is 20.2. The molecule has 358 valence electrons. The molecule has 0 atom stereocenters. The van der Waals surface area contributed by atoms with E-state index in [0.29, 0.717) is 0 Å². The number of benzene rings is 12. The molecule has 3 aromatic heterocycles. The zero-order chi connectivity index (χ0) is 50.3. The molecule has 0 bridgehead atoms. The molecule has 0 amide bonds. The Bertz CT molecular complexity index is 4680. The van der Waals surface area contributed by atoms with Gasteiger partial charge in [0, 0.05) is 43.4 Å². The molecule has 12 aromatic carbocycles. The number of fused-ring (bicyclic) bond motifs is 18. The summed E-state index contributed by atoms with van der Waals surface area (Å²) in [6.45, 7) is 0. The predicted molar refractivity (Wildman–Crippen MR) is 316 cm³/mol. The largest absolute Gasteiger partial charge is 0.456 e. The van der Waals surface area contributed by atoms with Crippen LogP contribution in [0.15, 0.2) is 274 Å². The third kappa shape index (κ3) is 5.81. The molecule has 1 aliphatic carbocycles. The average molecular weight is 982 g/mol. The lowest BCUT2D eigenvalue weighted by Crippen LogP contribution is -2.36. The molecule has 0 N–H and O–H groups in total. The quantitative estimate of drug-likeness (QED) is 0.172. The van der Waals surface area contributed by atoms with E-state index in [1.54, 1.807) is 0 Å². The van der Waals surface area contributed by atoms with Crippen molar-refractivity contribution in [1.82, 2.24) is 0 Å². The molecule has 2 aliphatic rings. The third-order valence-corrected chi connectivity index (χ3v) is 16.7. The van der Waals surface area contributed by atoms with Gasteiger partial charge in [0.1, 0.15) is 27.9 Å². The Hall–Kier alpha value is -10.2. The second kappa shape index (κ2) is 15.9. The maximum Gasteiger partial charge on any atom is 0.159 e. The number of nitrogens with zero attached hydrogens (tertiary/aromatic N) is 1. The van der Waals surface area contributed by atoms with Crippen LogP contribution in [-0.4, -0.2) is 0 Å². The van der Waals surface area contributed by atoms with Crippen molar-refractivity contribution in [1.29, 1.82) is 0 Å². The molecule has 4 nitrogen and oxygen atoms in total. The van der Waals surface area contributed by atoms with Crippen LogP contribution in [-0.2, 0) is 5.41 Å². The van der Waals surface area contributed by atoms with Crippen LogP contribution in [0, 0.1) is 0 Å². The van der Waals surface area contributed by atoms with Crippen molar-refractivity contribution in [2.45, 2.75) is 5.41 Å². The maximum absolute atomic E-state index is 7.01. The molecule has 0 saturated heterocycles. The smallest absolute Gasteiger partial charge is 0.159 e. The van der Waals surface area contributed by atoms with Gasteiger partial charge in [0.2, 0.25) is 0 Å². The maximum atomic E-state index is 7.01. The van der Waals surface area contributed by atoms with E-state index in [9.17, 15) is 0 Å². The van der Waals surface area contributed by atoms with Crippen LogP contribution in [0.1, 0.15) is 22.3 Å². The molecule has 77 heavy (non-hydrogen) atoms. The van der Waals surface area contributed by atoms with E-state index in [2.05, 4.69) is 266 Å². The molecular formula is C73H43NO3. The minimum absolute atomic E-state index is 0.805. The second-order valence-electron chi connectivity index (χ2n) is 20.5. The van der Waals surface area contributed by atoms with E-state index < -0.39 is 5.41 Å². The summed E-state index contributed by atoms with van der Waals surface area (Å²) in [6.07, 6.45) is 0. The van der Waals surface area contributed by atoms with Crippen molar-refractivity contribution < 1.29 is 13.3 Å². The monoisotopic (exact) mass is 981 g/mol. The highest BCUT2D eigenvalue weighted by Crippen LogP contribution is 2.65. The van der Waals surface area contributed by atoms with Crippen LogP contribution in [0.5, 0.6) is 0 Å². The molecule has 4 heteroatoms. The lowest BCUT2D eigenvalue weighted by Gasteiger charge is -2.45. The highest BCUT2D eigenvalue weighted by atomic mass is 16.3. The summed E-state index contributed by atoms with van der Waals surface area (Å²) >= 11 is 0. The highest BCUT2D eigenvalue weighted by molar-refractivity contribution is 6.18. The average Bonchev–Trinajstić information content (AvgIpc) is 4.23. The van der Waals surface area contributed by atoms with Gasteiger partial charge in [-0.2, -0.15) is 0 Å². The van der Waals surface area contributed by atoms with Gasteiger partial charge in [-0.25, -0.2) is 0 Å². The Morgan fingerprint density at radius 2 is 0.701 bits per heavy atom. The Balaban J connectivity index is 1.05. The lowest BCUT2D eigenvalue weighted by molar-refractivity contribution is 0.668. The highest BCUT2D eigenvalue weighted by Gasteiger charge is 2.52. The van der Waals surface area contributed by atoms with Crippen molar-refractivity contribution in [2.75, 3.05) is 4.90 Å². The summed E-state index contributed by atoms with van der Waals surface area (Å²) in [5.41, 5.74) is 23.8. The van der Waals surface area contributed by atoms with Gasteiger partial charge in [-0.05, 0) is 127 Å². The zero-order valence-electron chi connectivity index (χ0n) is 41.5. The van der Waals surface area contributed by atoms with E-state index in [1.165, 1.54) is 33.4 Å². The summed E-state index contributed by atoms with van der Waals surface area (Å²) in [4.78, 5) is 2.48. The van der Waals surface area contributed by atoms with Crippen LogP contribution in [0.3, 0.4) is 0 Å². The van der Waals surface area contributed by atoms with Gasteiger partial charge in [-0.15, -0.1) is 0 Å². The summed E-state index contributed by atoms with van der Waals surface area (Å²) in [5.74, 6) is 0. The van der Waals surface area contributed by atoms with Crippen LogP contribution in [0.2, 0.25) is 0 Å². The normalized spacial score (nSPS) is 13.3. The SMILES string of the molecule is c1ccc(-c2ccc3oc4ccccc4c3c2-c2ccc3c(c2)C2(c4ccccc4-c4ccccc42)c2cc(-c4c(-c5ccccc5)ccc5oc6ccccc6c45)ccc2N3c2cccc3c2oc2ccccc23)cc1. The van der Waals surface area contributed by atoms with Crippen LogP contribution in [0.25, 0.3) is 121 Å². The minimum atomic E-state index is -0.805. The van der Waals surface area contributed by atoms with Crippen molar-refractivity contribution in [3.63, 3.8) is 0 Å². The van der Waals surface area contributed by atoms with Gasteiger partial charge in [0.25, 0.3) is 0 Å². The molecule has 0 saturated carbocycles. The molecule has 4 heterocycles. The lowest BCUT2D eigenvalue weighted by atomic mass is 9.63. The number of hydrogen-bond donors (Lipinski definition) is 0. The first kappa shape index (κ1) is 42.2. The first-order valence-corrected chi connectivity index (χ1v) is 26.4. The Kier molecular flexibility index (Phi) is 8.73. The fourth-order valence-electron chi connectivity index (χ4n) is 13.6. The van der Waals surface area contributed by atoms with E-state index in [1.807, 2.05) is 0 Å².